The molecule has 1 aliphatic rings. The van der Waals surface area contributed by atoms with Gasteiger partial charge in [0.2, 0.25) is 11.9 Å². The van der Waals surface area contributed by atoms with Gasteiger partial charge in [0.05, 0.1) is 5.69 Å². The molecule has 2 aromatic heterocycles. The predicted octanol–water partition coefficient (Wildman–Crippen LogP) is 2.88. The first-order valence-electron chi connectivity index (χ1n) is 11.1. The Hall–Kier alpha value is -3.75. The molecule has 0 spiro atoms. The van der Waals surface area contributed by atoms with Gasteiger partial charge in [-0.2, -0.15) is 0 Å². The molecule has 9 heteroatoms. The average molecular weight is 449 g/mol. The van der Waals surface area contributed by atoms with Gasteiger partial charge >= 0.3 is 0 Å². The lowest BCUT2D eigenvalue weighted by molar-refractivity contribution is 0.0780. The summed E-state index contributed by atoms with van der Waals surface area (Å²) in [4.78, 5) is 37.6. The smallest absolute Gasteiger partial charge is 0.276 e. The quantitative estimate of drug-likeness (QED) is 0.590. The van der Waals surface area contributed by atoms with E-state index in [2.05, 4.69) is 17.1 Å². The lowest BCUT2D eigenvalue weighted by atomic mass is 9.95. The van der Waals surface area contributed by atoms with E-state index in [4.69, 9.17) is 15.2 Å². The fraction of sp³-hybridized carbons (Fsp3) is 0.375. The summed E-state index contributed by atoms with van der Waals surface area (Å²) in [6.45, 7) is 3.16. The van der Waals surface area contributed by atoms with Crippen molar-refractivity contribution >= 4 is 17.8 Å². The van der Waals surface area contributed by atoms with Crippen molar-refractivity contribution in [2.45, 2.75) is 32.1 Å². The van der Waals surface area contributed by atoms with Crippen molar-refractivity contribution in [3.63, 3.8) is 0 Å². The first-order chi connectivity index (χ1) is 15.9. The molecule has 172 valence electrons. The summed E-state index contributed by atoms with van der Waals surface area (Å²) in [6, 6.07) is 8.87. The van der Waals surface area contributed by atoms with Crippen LogP contribution in [0.15, 0.2) is 41.1 Å². The standard InChI is InChI=1S/C24H28N6O3/c1-4-6-18-12-20(28-33-18)23(32)30-10-9-17(14-30)21-19(13-26-24(27-21)29(2)3)15-7-5-8-16(11-15)22(25)31/h5,7-8,11-13,17H,4,6,9-10,14H2,1-3H3,(H2,25,31). The van der Waals surface area contributed by atoms with Crippen molar-refractivity contribution in [3.8, 4) is 11.1 Å². The molecule has 9 nitrogen and oxygen atoms in total. The topological polar surface area (TPSA) is 118 Å². The fourth-order valence-corrected chi connectivity index (χ4v) is 4.08. The van der Waals surface area contributed by atoms with Gasteiger partial charge < -0.3 is 20.1 Å². The summed E-state index contributed by atoms with van der Waals surface area (Å²) in [7, 11) is 3.77. The SMILES string of the molecule is CCCc1cc(C(=O)N2CCC(c3nc(N(C)C)ncc3-c3cccc(C(N)=O)c3)C2)no1. The number of nitrogens with two attached hydrogens (primary N) is 1. The number of aromatic nitrogens is 3. The Labute approximate surface area is 192 Å². The summed E-state index contributed by atoms with van der Waals surface area (Å²) in [5, 5.41) is 3.96. The van der Waals surface area contributed by atoms with Gasteiger partial charge in [0, 0.05) is 62.9 Å². The van der Waals surface area contributed by atoms with Crippen molar-refractivity contribution in [1.29, 1.82) is 0 Å². The maximum Gasteiger partial charge on any atom is 0.276 e. The zero-order valence-corrected chi connectivity index (χ0v) is 19.1. The van der Waals surface area contributed by atoms with Crippen LogP contribution in [-0.4, -0.2) is 59.0 Å². The molecule has 0 radical (unpaired) electrons. The lowest BCUT2D eigenvalue weighted by Gasteiger charge is -2.19. The van der Waals surface area contributed by atoms with E-state index in [-0.39, 0.29) is 11.8 Å². The molecule has 1 aliphatic heterocycles. The molecule has 0 saturated carbocycles. The van der Waals surface area contributed by atoms with E-state index in [0.717, 1.165) is 41.8 Å². The predicted molar refractivity (Wildman–Crippen MR) is 124 cm³/mol. The minimum absolute atomic E-state index is 0.0184. The van der Waals surface area contributed by atoms with Gasteiger partial charge in [0.25, 0.3) is 5.91 Å². The molecule has 33 heavy (non-hydrogen) atoms. The molecule has 1 aromatic carbocycles. The minimum atomic E-state index is -0.489. The van der Waals surface area contributed by atoms with Gasteiger partial charge in [0.15, 0.2) is 5.69 Å². The monoisotopic (exact) mass is 448 g/mol. The maximum atomic E-state index is 13.0. The van der Waals surface area contributed by atoms with Gasteiger partial charge in [-0.1, -0.05) is 24.2 Å². The summed E-state index contributed by atoms with van der Waals surface area (Å²) in [5.74, 6) is 0.703. The van der Waals surface area contributed by atoms with E-state index >= 15 is 0 Å². The van der Waals surface area contributed by atoms with Crippen molar-refractivity contribution < 1.29 is 14.1 Å². The van der Waals surface area contributed by atoms with Crippen LogP contribution in [0.3, 0.4) is 0 Å². The van der Waals surface area contributed by atoms with Crippen molar-refractivity contribution in [1.82, 2.24) is 20.0 Å². The van der Waals surface area contributed by atoms with Crippen LogP contribution < -0.4 is 10.6 Å². The number of likely N-dealkylation sites (tertiary alicyclic amines) is 1. The zero-order chi connectivity index (χ0) is 23.5. The van der Waals surface area contributed by atoms with E-state index in [1.807, 2.05) is 25.1 Å². The zero-order valence-electron chi connectivity index (χ0n) is 19.1. The molecule has 3 aromatic rings. The largest absolute Gasteiger partial charge is 0.366 e. The highest BCUT2D eigenvalue weighted by Gasteiger charge is 2.32. The summed E-state index contributed by atoms with van der Waals surface area (Å²) < 4.78 is 5.29. The van der Waals surface area contributed by atoms with E-state index in [0.29, 0.717) is 30.3 Å². The third-order valence-electron chi connectivity index (χ3n) is 5.80. The number of nitrogens with zero attached hydrogens (tertiary/aromatic N) is 5. The Morgan fingerprint density at radius 2 is 2.09 bits per heavy atom. The van der Waals surface area contributed by atoms with Crippen LogP contribution in [0.2, 0.25) is 0 Å². The van der Waals surface area contributed by atoms with Gasteiger partial charge in [-0.15, -0.1) is 0 Å². The molecule has 4 rings (SSSR count). The molecule has 2 amide bonds. The Bertz CT molecular complexity index is 1170. The Morgan fingerprint density at radius 1 is 1.27 bits per heavy atom. The highest BCUT2D eigenvalue weighted by atomic mass is 16.5. The molecule has 1 atom stereocenters. The van der Waals surface area contributed by atoms with Crippen LogP contribution in [0.5, 0.6) is 0 Å². The second-order valence-corrected chi connectivity index (χ2v) is 8.47. The highest BCUT2D eigenvalue weighted by Crippen LogP contribution is 2.35. The van der Waals surface area contributed by atoms with Gasteiger partial charge in [-0.25, -0.2) is 9.97 Å². The number of hydrogen-bond acceptors (Lipinski definition) is 7. The highest BCUT2D eigenvalue weighted by molar-refractivity contribution is 5.94. The third-order valence-corrected chi connectivity index (χ3v) is 5.80. The third kappa shape index (κ3) is 4.72. The van der Waals surface area contributed by atoms with E-state index in [9.17, 15) is 9.59 Å². The van der Waals surface area contributed by atoms with Crippen molar-refractivity contribution in [2.75, 3.05) is 32.1 Å². The van der Waals surface area contributed by atoms with Gasteiger partial charge in [-0.3, -0.25) is 9.59 Å². The molecule has 0 bridgehead atoms. The number of rotatable bonds is 7. The number of hydrogen-bond donors (Lipinski definition) is 1. The van der Waals surface area contributed by atoms with E-state index < -0.39 is 5.91 Å². The summed E-state index contributed by atoms with van der Waals surface area (Å²) in [5.41, 5.74) is 8.73. The number of primary amides is 1. The maximum absolute atomic E-state index is 13.0. The molecule has 2 N–H and O–H groups in total. The number of benzene rings is 1. The first kappa shape index (κ1) is 22.4. The summed E-state index contributed by atoms with van der Waals surface area (Å²) in [6.07, 6.45) is 4.22. The molecule has 0 aliphatic carbocycles. The first-order valence-corrected chi connectivity index (χ1v) is 11.1. The van der Waals surface area contributed by atoms with Crippen LogP contribution in [-0.2, 0) is 6.42 Å². The number of aryl methyl sites for hydroxylation is 1. The van der Waals surface area contributed by atoms with Gasteiger partial charge in [0.1, 0.15) is 5.76 Å². The number of amides is 2. The minimum Gasteiger partial charge on any atom is -0.366 e. The number of carbonyl (C=O) groups excluding carboxylic acids is 2. The second kappa shape index (κ2) is 9.40. The number of anilines is 1. The van der Waals surface area contributed by atoms with Crippen LogP contribution >= 0.6 is 0 Å². The Kier molecular flexibility index (Phi) is 6.39. The molecule has 1 unspecified atom stereocenters. The summed E-state index contributed by atoms with van der Waals surface area (Å²) >= 11 is 0. The molecule has 1 saturated heterocycles. The van der Waals surface area contributed by atoms with Crippen molar-refractivity contribution in [3.05, 3.63) is 59.2 Å². The molecular formula is C24H28N6O3. The van der Waals surface area contributed by atoms with Crippen LogP contribution in [0, 0.1) is 0 Å². The Balaban J connectivity index is 1.63. The second-order valence-electron chi connectivity index (χ2n) is 8.47. The van der Waals surface area contributed by atoms with E-state index in [1.54, 1.807) is 35.4 Å². The molecular weight excluding hydrogens is 420 g/mol. The van der Waals surface area contributed by atoms with E-state index in [1.165, 1.54) is 0 Å². The molecule has 1 fully saturated rings. The normalized spacial score (nSPS) is 15.6. The van der Waals surface area contributed by atoms with Crippen molar-refractivity contribution in [2.24, 2.45) is 5.73 Å². The van der Waals surface area contributed by atoms with Crippen LogP contribution in [0.1, 0.15) is 58.0 Å². The van der Waals surface area contributed by atoms with Crippen LogP contribution in [0.25, 0.3) is 11.1 Å². The average Bonchev–Trinajstić information content (AvgIpc) is 3.49. The van der Waals surface area contributed by atoms with Crippen LogP contribution in [0.4, 0.5) is 5.95 Å². The molecule has 3 heterocycles. The lowest BCUT2D eigenvalue weighted by Crippen LogP contribution is -2.29. The fourth-order valence-electron chi connectivity index (χ4n) is 4.08. The Morgan fingerprint density at radius 3 is 2.82 bits per heavy atom. The number of carbonyl (C=O) groups is 2. The van der Waals surface area contributed by atoms with Gasteiger partial charge in [-0.05, 0) is 30.5 Å².